The van der Waals surface area contributed by atoms with Gasteiger partial charge in [0.2, 0.25) is 12.1 Å². The molecule has 0 heterocycles. The van der Waals surface area contributed by atoms with E-state index in [4.69, 9.17) is 11.6 Å². The number of carbonyl (C=O) groups excluding carboxylic acids is 2. The van der Waals surface area contributed by atoms with E-state index in [1.54, 1.807) is 0 Å². The fourth-order valence-corrected chi connectivity index (χ4v) is 2.28. The van der Waals surface area contributed by atoms with E-state index in [9.17, 15) is 14.7 Å². The number of nitrogens with one attached hydrogen (secondary N) is 4. The van der Waals surface area contributed by atoms with Crippen LogP contribution in [0.15, 0.2) is 4.99 Å². The van der Waals surface area contributed by atoms with Gasteiger partial charge >= 0.3 is 0 Å². The number of nitrogens with zero attached hydrogens (tertiary/aromatic N) is 1. The molecule has 0 aromatic carbocycles. The van der Waals surface area contributed by atoms with E-state index in [0.717, 1.165) is 51.6 Å². The Morgan fingerprint density at radius 3 is 2.23 bits per heavy atom. The smallest absolute Gasteiger partial charge is 0.269 e. The fourth-order valence-electron chi connectivity index (χ4n) is 2.28. The molecule has 0 aliphatic rings. The fraction of sp³-hybridized carbons (Fsp3) is 0.824. The van der Waals surface area contributed by atoms with Crippen LogP contribution in [0.5, 0.6) is 0 Å². The summed E-state index contributed by atoms with van der Waals surface area (Å²) < 4.78 is 0. The van der Waals surface area contributed by atoms with Gasteiger partial charge in [-0.1, -0.05) is 12.8 Å². The van der Waals surface area contributed by atoms with E-state index in [1.807, 2.05) is 0 Å². The van der Waals surface area contributed by atoms with Crippen molar-refractivity contribution < 1.29 is 14.7 Å². The lowest BCUT2D eigenvalue weighted by Crippen LogP contribution is -2.46. The van der Waals surface area contributed by atoms with E-state index < -0.39 is 12.1 Å². The zero-order chi connectivity index (χ0) is 20.2. The van der Waals surface area contributed by atoms with E-state index in [2.05, 4.69) is 26.4 Å². The number of aliphatic hydroxyl groups is 1. The maximum Gasteiger partial charge on any atom is 0.269 e. The highest BCUT2D eigenvalue weighted by Gasteiger charge is 2.16. The minimum atomic E-state index is -1.50. The van der Waals surface area contributed by atoms with Crippen molar-refractivity contribution in [3.63, 3.8) is 0 Å². The molecule has 9 N–H and O–H groups in total. The highest BCUT2D eigenvalue weighted by atomic mass is 35.5. The molecule has 0 aromatic heterocycles. The monoisotopic (exact) mass is 495 g/mol. The second-order valence-corrected chi connectivity index (χ2v) is 6.23. The van der Waals surface area contributed by atoms with Crippen molar-refractivity contribution in [1.82, 2.24) is 21.4 Å². The molecule has 0 aliphatic heterocycles. The third-order valence-electron chi connectivity index (χ3n) is 3.79. The number of hydrazine groups is 1. The van der Waals surface area contributed by atoms with Crippen molar-refractivity contribution >= 4 is 55.4 Å². The topological polar surface area (TPSA) is 167 Å². The second-order valence-electron chi connectivity index (χ2n) is 6.23. The summed E-state index contributed by atoms with van der Waals surface area (Å²) in [5.74, 6) is 4.14. The molecule has 10 nitrogen and oxygen atoms in total. The van der Waals surface area contributed by atoms with E-state index in [1.165, 1.54) is 6.34 Å². The number of nitrogens with two attached hydrogens (primary N) is 2. The minimum absolute atomic E-state index is 0. The van der Waals surface area contributed by atoms with Crippen molar-refractivity contribution in [2.45, 2.75) is 57.6 Å². The summed E-state index contributed by atoms with van der Waals surface area (Å²) in [6.07, 6.45) is 6.37. The molecule has 0 spiro atoms. The summed E-state index contributed by atoms with van der Waals surface area (Å²) in [6.45, 7) is 3.60. The Balaban J connectivity index is -0.00000113. The van der Waals surface area contributed by atoms with Crippen molar-refractivity contribution in [3.05, 3.63) is 0 Å². The summed E-state index contributed by atoms with van der Waals surface area (Å²) in [4.78, 5) is 27.4. The first-order valence-electron chi connectivity index (χ1n) is 9.72. The lowest BCUT2D eigenvalue weighted by Gasteiger charge is -2.13. The third kappa shape index (κ3) is 25.2. The van der Waals surface area contributed by atoms with Crippen LogP contribution in [0.1, 0.15) is 51.4 Å². The van der Waals surface area contributed by atoms with Crippen molar-refractivity contribution in [3.8, 4) is 0 Å². The number of carbonyl (C=O) groups is 2. The molecule has 0 radical (unpaired) electrons. The number of rotatable bonds is 18. The lowest BCUT2D eigenvalue weighted by atomic mass is 10.1. The van der Waals surface area contributed by atoms with Gasteiger partial charge in [-0.25, -0.2) is 5.84 Å². The summed E-state index contributed by atoms with van der Waals surface area (Å²) in [5, 5.41) is 17.9. The van der Waals surface area contributed by atoms with Crippen LogP contribution < -0.4 is 33.0 Å². The zero-order valence-electron chi connectivity index (χ0n) is 17.4. The molecule has 0 aromatic rings. The number of amides is 2. The first kappa shape index (κ1) is 36.5. The summed E-state index contributed by atoms with van der Waals surface area (Å²) in [7, 11) is 0. The molecule has 0 aliphatic carbocycles. The Morgan fingerprint density at radius 2 is 1.57 bits per heavy atom. The van der Waals surface area contributed by atoms with Crippen LogP contribution in [-0.4, -0.2) is 62.2 Å². The van der Waals surface area contributed by atoms with Gasteiger partial charge in [0.25, 0.3) is 5.91 Å². The summed E-state index contributed by atoms with van der Waals surface area (Å²) in [6, 6.07) is 0. The minimum Gasteiger partial charge on any atom is -0.365 e. The normalized spacial score (nSPS) is 10.9. The largest absolute Gasteiger partial charge is 0.365 e. The first-order valence-corrected chi connectivity index (χ1v) is 9.72. The maximum atomic E-state index is 11.7. The van der Waals surface area contributed by atoms with Crippen LogP contribution in [0, 0.1) is 0 Å². The van der Waals surface area contributed by atoms with Crippen molar-refractivity contribution in [2.24, 2.45) is 16.6 Å². The molecule has 13 heteroatoms. The van der Waals surface area contributed by atoms with Gasteiger partial charge in [-0.2, -0.15) is 0 Å². The number of halogens is 3. The Morgan fingerprint density at radius 1 is 0.933 bits per heavy atom. The summed E-state index contributed by atoms with van der Waals surface area (Å²) in [5.41, 5.74) is 7.73. The van der Waals surface area contributed by atoms with Gasteiger partial charge in [0, 0.05) is 19.5 Å². The Labute approximate surface area is 198 Å². The number of aliphatic hydroxyl groups excluding tert-OH is 1. The van der Waals surface area contributed by atoms with Gasteiger partial charge in [0.05, 0.1) is 6.34 Å². The maximum absolute atomic E-state index is 11.7. The van der Waals surface area contributed by atoms with Gasteiger partial charge in [0.1, 0.15) is 0 Å². The van der Waals surface area contributed by atoms with Gasteiger partial charge in [-0.3, -0.25) is 14.6 Å². The number of hydrogen-bond acceptors (Lipinski definition) is 7. The molecule has 0 unspecified atom stereocenters. The second kappa shape index (κ2) is 28.1. The molecule has 0 fully saturated rings. The number of unbranched alkanes of at least 4 members (excludes halogenated alkanes) is 4. The molecule has 182 valence electrons. The molecule has 1 atom stereocenters. The predicted molar refractivity (Wildman–Crippen MR) is 128 cm³/mol. The SMILES string of the molecule is Cl.Cl.Cl.NCCCNCCCCNC(=O)[C@H](O)NC(=O)CCCCCCN=CNN. The molecular formula is C17H40Cl3N7O3. The predicted octanol–water partition coefficient (Wildman–Crippen LogP) is -0.0367. The number of hydrogen-bond donors (Lipinski definition) is 7. The lowest BCUT2D eigenvalue weighted by molar-refractivity contribution is -0.136. The van der Waals surface area contributed by atoms with Crippen LogP contribution >= 0.6 is 37.2 Å². The average Bonchev–Trinajstić information content (AvgIpc) is 2.65. The van der Waals surface area contributed by atoms with Crippen LogP contribution in [0.3, 0.4) is 0 Å². The van der Waals surface area contributed by atoms with Gasteiger partial charge in [0.15, 0.2) is 0 Å². The average molecular weight is 497 g/mol. The Bertz CT molecular complexity index is 422. The van der Waals surface area contributed by atoms with Gasteiger partial charge in [-0.05, 0) is 51.7 Å². The standard InChI is InChI=1S/C17H37N7O3.3ClH/c18-9-7-12-20-10-5-6-13-22-16(26)17(27)24-15(25)8-3-1-2-4-11-21-14-23-19;;;/h14,17,20,27H,1-13,18-19H2,(H,21,23)(H,22,26)(H,24,25);3*1H/t17-;;;/m0.../s1. The van der Waals surface area contributed by atoms with Crippen LogP contribution in [0.25, 0.3) is 0 Å². The molecule has 2 amide bonds. The molecule has 0 bridgehead atoms. The Hall–Kier alpha value is -0.880. The highest BCUT2D eigenvalue weighted by Crippen LogP contribution is 2.03. The zero-order valence-corrected chi connectivity index (χ0v) is 19.9. The summed E-state index contributed by atoms with van der Waals surface area (Å²) >= 11 is 0. The van der Waals surface area contributed by atoms with Crippen molar-refractivity contribution in [2.75, 3.05) is 32.7 Å². The third-order valence-corrected chi connectivity index (χ3v) is 3.79. The van der Waals surface area contributed by atoms with Gasteiger partial charge < -0.3 is 32.2 Å². The van der Waals surface area contributed by atoms with Crippen LogP contribution in [0.4, 0.5) is 0 Å². The van der Waals surface area contributed by atoms with E-state index >= 15 is 0 Å². The highest BCUT2D eigenvalue weighted by molar-refractivity contribution is 5.86. The molecule has 0 saturated heterocycles. The Kier molecular flexibility index (Phi) is 34.2. The van der Waals surface area contributed by atoms with Crippen molar-refractivity contribution in [1.29, 1.82) is 0 Å². The molecular weight excluding hydrogens is 457 g/mol. The molecule has 30 heavy (non-hydrogen) atoms. The molecule has 0 rings (SSSR count). The van der Waals surface area contributed by atoms with E-state index in [-0.39, 0.29) is 49.5 Å². The van der Waals surface area contributed by atoms with Gasteiger partial charge in [-0.15, -0.1) is 37.2 Å². The quantitative estimate of drug-likeness (QED) is 0.0349. The molecule has 0 saturated carbocycles. The van der Waals surface area contributed by atoms with Crippen LogP contribution in [0.2, 0.25) is 0 Å². The first-order chi connectivity index (χ1) is 13.1. The van der Waals surface area contributed by atoms with Crippen LogP contribution in [-0.2, 0) is 9.59 Å². The van der Waals surface area contributed by atoms with E-state index in [0.29, 0.717) is 26.1 Å². The number of aliphatic imine (C=N–C) groups is 1.